The Balaban J connectivity index is 1.80. The summed E-state index contributed by atoms with van der Waals surface area (Å²) in [5.41, 5.74) is 1.51. The first kappa shape index (κ1) is 20.5. The van der Waals surface area contributed by atoms with Gasteiger partial charge in [0.2, 0.25) is 5.91 Å². The molecule has 0 radical (unpaired) electrons. The molecule has 1 saturated heterocycles. The van der Waals surface area contributed by atoms with Crippen molar-refractivity contribution in [3.05, 3.63) is 35.5 Å². The van der Waals surface area contributed by atoms with Gasteiger partial charge in [-0.3, -0.25) is 9.59 Å². The molecule has 3 N–H and O–H groups in total. The van der Waals surface area contributed by atoms with E-state index in [0.29, 0.717) is 24.0 Å². The molecule has 0 aliphatic carbocycles. The Morgan fingerprint density at radius 1 is 1.28 bits per heavy atom. The number of carbonyl (C=O) groups excluding carboxylic acids is 2. The number of hydrogen-bond acceptors (Lipinski definition) is 6. The van der Waals surface area contributed by atoms with E-state index in [4.69, 9.17) is 9.84 Å². The molecule has 29 heavy (non-hydrogen) atoms. The molecule has 9 nitrogen and oxygen atoms in total. The Bertz CT molecular complexity index is 940. The Morgan fingerprint density at radius 2 is 2.00 bits per heavy atom. The number of piperazine rings is 1. The average molecular weight is 400 g/mol. The molecule has 0 spiro atoms. The molecule has 1 aromatic carbocycles. The maximum absolute atomic E-state index is 12.6. The number of carboxylic acids is 1. The van der Waals surface area contributed by atoms with Gasteiger partial charge in [0, 0.05) is 37.6 Å². The van der Waals surface area contributed by atoms with Gasteiger partial charge in [-0.15, -0.1) is 0 Å². The second-order valence-electron chi connectivity index (χ2n) is 6.94. The van der Waals surface area contributed by atoms with E-state index in [9.17, 15) is 14.4 Å². The van der Waals surface area contributed by atoms with Gasteiger partial charge < -0.3 is 25.4 Å². The Labute approximate surface area is 168 Å². The molecule has 154 valence electrons. The monoisotopic (exact) mass is 400 g/mol. The highest BCUT2D eigenvalue weighted by molar-refractivity contribution is 5.98. The number of pyridine rings is 1. The van der Waals surface area contributed by atoms with Crippen LogP contribution in [0.2, 0.25) is 0 Å². The number of benzene rings is 1. The third-order valence-electron chi connectivity index (χ3n) is 4.68. The molecule has 2 aromatic rings. The Morgan fingerprint density at radius 3 is 2.69 bits per heavy atom. The van der Waals surface area contributed by atoms with Crippen LogP contribution >= 0.6 is 0 Å². The van der Waals surface area contributed by atoms with Gasteiger partial charge in [-0.05, 0) is 31.5 Å². The summed E-state index contributed by atoms with van der Waals surface area (Å²) in [4.78, 5) is 42.1. The number of fused-ring (bicyclic) bond motifs is 1. The highest BCUT2D eigenvalue weighted by atomic mass is 16.5. The first-order valence-corrected chi connectivity index (χ1v) is 9.42. The first-order chi connectivity index (χ1) is 13.8. The average Bonchev–Trinajstić information content (AvgIpc) is 2.71. The van der Waals surface area contributed by atoms with E-state index in [2.05, 4.69) is 15.6 Å². The van der Waals surface area contributed by atoms with Crippen LogP contribution in [-0.4, -0.2) is 71.6 Å². The summed E-state index contributed by atoms with van der Waals surface area (Å²) < 4.78 is 5.54. The summed E-state index contributed by atoms with van der Waals surface area (Å²) in [7, 11) is 0. The lowest BCUT2D eigenvalue weighted by Crippen LogP contribution is -2.49. The van der Waals surface area contributed by atoms with Gasteiger partial charge in [0.05, 0.1) is 12.1 Å². The molecule has 1 fully saturated rings. The predicted molar refractivity (Wildman–Crippen MR) is 106 cm³/mol. The van der Waals surface area contributed by atoms with E-state index in [1.54, 1.807) is 17.0 Å². The second-order valence-corrected chi connectivity index (χ2v) is 6.94. The maximum Gasteiger partial charge on any atom is 0.344 e. The number of amides is 2. The highest BCUT2D eigenvalue weighted by Crippen LogP contribution is 2.27. The summed E-state index contributed by atoms with van der Waals surface area (Å²) >= 11 is 0. The third kappa shape index (κ3) is 5.00. The number of carboxylic acid groups (broad SMARTS) is 1. The van der Waals surface area contributed by atoms with Gasteiger partial charge in [0.25, 0.3) is 5.91 Å². The van der Waals surface area contributed by atoms with Crippen molar-refractivity contribution >= 4 is 28.7 Å². The van der Waals surface area contributed by atoms with Crippen molar-refractivity contribution in [1.29, 1.82) is 0 Å². The Kier molecular flexibility index (Phi) is 6.28. The van der Waals surface area contributed by atoms with Crippen molar-refractivity contribution in [2.75, 3.05) is 32.7 Å². The summed E-state index contributed by atoms with van der Waals surface area (Å²) in [6.45, 7) is 5.84. The number of carbonyl (C=O) groups is 3. The summed E-state index contributed by atoms with van der Waals surface area (Å²) in [5, 5.41) is 15.5. The fourth-order valence-electron chi connectivity index (χ4n) is 3.03. The molecule has 2 heterocycles. The van der Waals surface area contributed by atoms with Gasteiger partial charge in [0.15, 0.2) is 6.10 Å². The lowest BCUT2D eigenvalue weighted by molar-refractivity contribution is -0.144. The molecule has 1 aliphatic rings. The van der Waals surface area contributed by atoms with E-state index in [0.717, 1.165) is 18.7 Å². The van der Waals surface area contributed by atoms with Crippen molar-refractivity contribution in [1.82, 2.24) is 20.5 Å². The van der Waals surface area contributed by atoms with Crippen LogP contribution in [0.25, 0.3) is 10.9 Å². The smallest absolute Gasteiger partial charge is 0.344 e. The van der Waals surface area contributed by atoms with Gasteiger partial charge in [-0.1, -0.05) is 6.07 Å². The molecule has 1 aliphatic heterocycles. The lowest BCUT2D eigenvalue weighted by Gasteiger charge is -2.27. The van der Waals surface area contributed by atoms with Crippen LogP contribution < -0.4 is 15.4 Å². The SMILES string of the molecule is Cc1ccc2c(O[C@H](C)C(=O)O)cc(C(=O)NCC(=O)N3CCNCC3)nc2c1. The van der Waals surface area contributed by atoms with Crippen molar-refractivity contribution in [3.8, 4) is 5.75 Å². The minimum Gasteiger partial charge on any atom is -0.479 e. The normalized spacial score (nSPS) is 15.0. The topological polar surface area (TPSA) is 121 Å². The third-order valence-corrected chi connectivity index (χ3v) is 4.68. The van der Waals surface area contributed by atoms with Gasteiger partial charge in [-0.2, -0.15) is 0 Å². The minimum atomic E-state index is -1.12. The zero-order chi connectivity index (χ0) is 21.0. The highest BCUT2D eigenvalue weighted by Gasteiger charge is 2.20. The minimum absolute atomic E-state index is 0.0591. The number of hydrogen-bond donors (Lipinski definition) is 3. The van der Waals surface area contributed by atoms with Gasteiger partial charge in [-0.25, -0.2) is 9.78 Å². The zero-order valence-corrected chi connectivity index (χ0v) is 16.4. The zero-order valence-electron chi connectivity index (χ0n) is 16.4. The number of nitrogens with one attached hydrogen (secondary N) is 2. The number of rotatable bonds is 6. The van der Waals surface area contributed by atoms with Crippen LogP contribution in [0.15, 0.2) is 24.3 Å². The van der Waals surface area contributed by atoms with Crippen molar-refractivity contribution in [2.24, 2.45) is 0 Å². The van der Waals surface area contributed by atoms with Crippen molar-refractivity contribution in [2.45, 2.75) is 20.0 Å². The number of aliphatic carboxylic acids is 1. The number of ether oxygens (including phenoxy) is 1. The quantitative estimate of drug-likeness (QED) is 0.648. The van der Waals surface area contributed by atoms with E-state index < -0.39 is 18.0 Å². The molecule has 9 heteroatoms. The number of aromatic nitrogens is 1. The molecule has 3 rings (SSSR count). The summed E-state index contributed by atoms with van der Waals surface area (Å²) in [6.07, 6.45) is -1.09. The van der Waals surface area contributed by atoms with Gasteiger partial charge in [0.1, 0.15) is 11.4 Å². The van der Waals surface area contributed by atoms with Crippen LogP contribution in [-0.2, 0) is 9.59 Å². The van der Waals surface area contributed by atoms with Crippen LogP contribution in [0, 0.1) is 6.92 Å². The largest absolute Gasteiger partial charge is 0.479 e. The summed E-state index contributed by atoms with van der Waals surface area (Å²) in [6, 6.07) is 6.82. The Hall–Kier alpha value is -3.20. The van der Waals surface area contributed by atoms with Crippen molar-refractivity contribution in [3.63, 3.8) is 0 Å². The van der Waals surface area contributed by atoms with Crippen LogP contribution in [0.3, 0.4) is 0 Å². The first-order valence-electron chi connectivity index (χ1n) is 9.42. The van der Waals surface area contributed by atoms with Crippen LogP contribution in [0.1, 0.15) is 23.0 Å². The lowest BCUT2D eigenvalue weighted by atomic mass is 10.1. The van der Waals surface area contributed by atoms with E-state index in [-0.39, 0.29) is 23.9 Å². The standard InChI is InChI=1S/C20H24N4O5/c1-12-3-4-14-15(9-12)23-16(10-17(14)29-13(2)20(27)28)19(26)22-11-18(25)24-7-5-21-6-8-24/h3-4,9-10,13,21H,5-8,11H2,1-2H3,(H,22,26)(H,27,28)/t13-/m1/s1. The van der Waals surface area contributed by atoms with E-state index >= 15 is 0 Å². The molecule has 0 unspecified atom stereocenters. The molecule has 0 saturated carbocycles. The van der Waals surface area contributed by atoms with E-state index in [1.165, 1.54) is 13.0 Å². The molecular weight excluding hydrogens is 376 g/mol. The second kappa shape index (κ2) is 8.87. The van der Waals surface area contributed by atoms with Crippen molar-refractivity contribution < 1.29 is 24.2 Å². The van der Waals surface area contributed by atoms with Gasteiger partial charge >= 0.3 is 5.97 Å². The van der Waals surface area contributed by atoms with Crippen LogP contribution in [0.4, 0.5) is 0 Å². The van der Waals surface area contributed by atoms with E-state index in [1.807, 2.05) is 13.0 Å². The van der Waals surface area contributed by atoms with Crippen LogP contribution in [0.5, 0.6) is 5.75 Å². The fraction of sp³-hybridized carbons (Fsp3) is 0.400. The molecule has 0 bridgehead atoms. The number of nitrogens with zero attached hydrogens (tertiary/aromatic N) is 2. The molecule has 2 amide bonds. The molecule has 1 aromatic heterocycles. The molecular formula is C20H24N4O5. The summed E-state index contributed by atoms with van der Waals surface area (Å²) in [5.74, 6) is -1.55. The maximum atomic E-state index is 12.6. The molecule has 1 atom stereocenters. The predicted octanol–water partition coefficient (Wildman–Crippen LogP) is 0.557. The fourth-order valence-corrected chi connectivity index (χ4v) is 3.03. The number of aryl methyl sites for hydroxylation is 1.